The van der Waals surface area contributed by atoms with Gasteiger partial charge in [0.1, 0.15) is 0 Å². The van der Waals surface area contributed by atoms with Gasteiger partial charge in [-0.1, -0.05) is 26.9 Å². The predicted octanol–water partition coefficient (Wildman–Crippen LogP) is 3.05. The Morgan fingerprint density at radius 2 is 1.54 bits per heavy atom. The lowest BCUT2D eigenvalue weighted by Crippen LogP contribution is -1.97. The van der Waals surface area contributed by atoms with Crippen LogP contribution in [-0.2, 0) is 0 Å². The lowest BCUT2D eigenvalue weighted by molar-refractivity contribution is 0.108. The van der Waals surface area contributed by atoms with Gasteiger partial charge in [-0.25, -0.2) is 0 Å². The van der Waals surface area contributed by atoms with Crippen LogP contribution in [0.15, 0.2) is 12.1 Å². The molecule has 0 amide bonds. The molecule has 0 aromatic heterocycles. The zero-order valence-corrected chi connectivity index (χ0v) is 10.0. The minimum Gasteiger partial charge on any atom is -0.290 e. The summed E-state index contributed by atoms with van der Waals surface area (Å²) in [6, 6.07) is 4.06. The molecule has 3 heteroatoms. The molecule has 0 aliphatic rings. The standard InChI is InChI=1S/C10H13OP.ClH/c1-6-4-7(2)9(10(11)12)8(3)5-6;/h4-5H,12H2,1-3H3;1H. The van der Waals surface area contributed by atoms with Gasteiger partial charge >= 0.3 is 0 Å². The number of hydrogen-bond donors (Lipinski definition) is 0. The molecular formula is C10H14ClOP. The van der Waals surface area contributed by atoms with Crippen molar-refractivity contribution in [1.29, 1.82) is 0 Å². The van der Waals surface area contributed by atoms with Gasteiger partial charge in [-0.05, 0) is 31.9 Å². The molecule has 1 aromatic carbocycles. The Balaban J connectivity index is 0.00000144. The quantitative estimate of drug-likeness (QED) is 0.660. The summed E-state index contributed by atoms with van der Waals surface area (Å²) in [4.78, 5) is 11.2. The van der Waals surface area contributed by atoms with Gasteiger partial charge in [-0.2, -0.15) is 0 Å². The fraction of sp³-hybridized carbons (Fsp3) is 0.300. The summed E-state index contributed by atoms with van der Waals surface area (Å²) in [7, 11) is 2.22. The minimum atomic E-state index is 0. The van der Waals surface area contributed by atoms with E-state index < -0.39 is 0 Å². The third-order valence-electron chi connectivity index (χ3n) is 1.92. The number of carbonyl (C=O) groups excluding carboxylic acids is 1. The average Bonchev–Trinajstić information content (AvgIpc) is 1.82. The van der Waals surface area contributed by atoms with Crippen LogP contribution in [0.3, 0.4) is 0 Å². The molecule has 1 unspecified atom stereocenters. The number of rotatable bonds is 1. The van der Waals surface area contributed by atoms with Crippen LogP contribution in [0.4, 0.5) is 0 Å². The molecule has 0 radical (unpaired) electrons. The first-order valence-corrected chi connectivity index (χ1v) is 4.47. The van der Waals surface area contributed by atoms with Crippen molar-refractivity contribution < 1.29 is 4.79 Å². The number of aryl methyl sites for hydroxylation is 3. The largest absolute Gasteiger partial charge is 0.290 e. The van der Waals surface area contributed by atoms with Crippen molar-refractivity contribution in [3.05, 3.63) is 34.4 Å². The molecule has 0 fully saturated rings. The van der Waals surface area contributed by atoms with Crippen LogP contribution in [0.5, 0.6) is 0 Å². The molecule has 0 saturated carbocycles. The van der Waals surface area contributed by atoms with Crippen molar-refractivity contribution in [3.63, 3.8) is 0 Å². The van der Waals surface area contributed by atoms with E-state index in [9.17, 15) is 4.79 Å². The van der Waals surface area contributed by atoms with Gasteiger partial charge in [-0.15, -0.1) is 12.4 Å². The number of benzene rings is 1. The van der Waals surface area contributed by atoms with Crippen LogP contribution in [0.25, 0.3) is 0 Å². The van der Waals surface area contributed by atoms with Crippen LogP contribution in [-0.4, -0.2) is 5.52 Å². The summed E-state index contributed by atoms with van der Waals surface area (Å²) >= 11 is 0. The van der Waals surface area contributed by atoms with E-state index >= 15 is 0 Å². The molecule has 0 aliphatic carbocycles. The molecule has 1 rings (SSSR count). The molecule has 0 spiro atoms. The van der Waals surface area contributed by atoms with Crippen LogP contribution < -0.4 is 0 Å². The molecule has 72 valence electrons. The second-order valence-electron chi connectivity index (χ2n) is 3.14. The number of halogens is 1. The zero-order chi connectivity index (χ0) is 9.30. The topological polar surface area (TPSA) is 17.1 Å². The van der Waals surface area contributed by atoms with Gasteiger partial charge in [0.05, 0.1) is 0 Å². The first-order valence-electron chi connectivity index (χ1n) is 3.90. The lowest BCUT2D eigenvalue weighted by atomic mass is 10.0. The second-order valence-corrected chi connectivity index (χ2v) is 3.66. The summed E-state index contributed by atoms with van der Waals surface area (Å²) in [5.74, 6) is 0. The van der Waals surface area contributed by atoms with Gasteiger partial charge in [-0.3, -0.25) is 4.79 Å². The molecule has 0 aliphatic heterocycles. The molecule has 1 atom stereocenters. The highest BCUT2D eigenvalue weighted by molar-refractivity contribution is 7.41. The fourth-order valence-corrected chi connectivity index (χ4v) is 2.02. The summed E-state index contributed by atoms with van der Waals surface area (Å²) in [5, 5.41) is 0. The Kier molecular flexibility index (Phi) is 4.60. The maximum absolute atomic E-state index is 11.2. The van der Waals surface area contributed by atoms with Crippen molar-refractivity contribution in [2.45, 2.75) is 20.8 Å². The zero-order valence-electron chi connectivity index (χ0n) is 8.05. The Hall–Kier alpha value is -0.390. The molecule has 1 nitrogen and oxygen atoms in total. The monoisotopic (exact) mass is 216 g/mol. The Morgan fingerprint density at radius 3 is 1.85 bits per heavy atom. The van der Waals surface area contributed by atoms with E-state index in [0.717, 1.165) is 16.7 Å². The van der Waals surface area contributed by atoms with Gasteiger partial charge in [0, 0.05) is 5.56 Å². The average molecular weight is 217 g/mol. The van der Waals surface area contributed by atoms with Crippen LogP contribution >= 0.6 is 21.6 Å². The van der Waals surface area contributed by atoms with Crippen molar-refractivity contribution >= 4 is 27.2 Å². The SMILES string of the molecule is Cc1cc(C)c(C(=O)P)c(C)c1.Cl. The van der Waals surface area contributed by atoms with Gasteiger partial charge in [0.2, 0.25) is 0 Å². The van der Waals surface area contributed by atoms with E-state index in [4.69, 9.17) is 0 Å². The lowest BCUT2D eigenvalue weighted by Gasteiger charge is -2.06. The molecule has 1 aromatic rings. The smallest absolute Gasteiger partial charge is 0.178 e. The third-order valence-corrected chi connectivity index (χ3v) is 2.21. The highest BCUT2D eigenvalue weighted by Crippen LogP contribution is 2.18. The number of carbonyl (C=O) groups is 1. The molecule has 13 heavy (non-hydrogen) atoms. The van der Waals surface area contributed by atoms with E-state index in [2.05, 4.69) is 9.24 Å². The highest BCUT2D eigenvalue weighted by Gasteiger charge is 2.07. The van der Waals surface area contributed by atoms with E-state index in [1.54, 1.807) is 0 Å². The number of hydrogen-bond acceptors (Lipinski definition) is 1. The predicted molar refractivity (Wildman–Crippen MR) is 61.9 cm³/mol. The van der Waals surface area contributed by atoms with E-state index in [1.807, 2.05) is 32.9 Å². The fourth-order valence-electron chi connectivity index (χ4n) is 1.57. The second kappa shape index (κ2) is 4.74. The highest BCUT2D eigenvalue weighted by atomic mass is 35.5. The van der Waals surface area contributed by atoms with E-state index in [0.29, 0.717) is 0 Å². The molecule has 0 heterocycles. The van der Waals surface area contributed by atoms with Crippen molar-refractivity contribution in [3.8, 4) is 0 Å². The van der Waals surface area contributed by atoms with Crippen LogP contribution in [0.2, 0.25) is 0 Å². The van der Waals surface area contributed by atoms with Gasteiger partial charge in [0.15, 0.2) is 5.52 Å². The Labute approximate surface area is 87.5 Å². The van der Waals surface area contributed by atoms with E-state index in [-0.39, 0.29) is 17.9 Å². The minimum absolute atomic E-state index is 0. The van der Waals surface area contributed by atoms with Crippen LogP contribution in [0, 0.1) is 20.8 Å². The Morgan fingerprint density at radius 1 is 1.15 bits per heavy atom. The van der Waals surface area contributed by atoms with Crippen molar-refractivity contribution in [2.24, 2.45) is 0 Å². The molecule has 0 N–H and O–H groups in total. The maximum atomic E-state index is 11.2. The Bertz CT molecular complexity index is 311. The van der Waals surface area contributed by atoms with E-state index in [1.165, 1.54) is 5.56 Å². The van der Waals surface area contributed by atoms with Gasteiger partial charge < -0.3 is 0 Å². The molecular weight excluding hydrogens is 203 g/mol. The summed E-state index contributed by atoms with van der Waals surface area (Å²) in [6.07, 6.45) is 0. The summed E-state index contributed by atoms with van der Waals surface area (Å²) in [5.41, 5.74) is 4.25. The normalized spacial score (nSPS) is 9.23. The first kappa shape index (κ1) is 12.6. The molecule has 0 saturated heterocycles. The first-order chi connectivity index (χ1) is 5.52. The maximum Gasteiger partial charge on any atom is 0.178 e. The third kappa shape index (κ3) is 2.79. The summed E-state index contributed by atoms with van der Waals surface area (Å²) in [6.45, 7) is 5.98. The van der Waals surface area contributed by atoms with Gasteiger partial charge in [0.25, 0.3) is 0 Å². The van der Waals surface area contributed by atoms with Crippen LogP contribution in [0.1, 0.15) is 27.0 Å². The molecule has 0 bridgehead atoms. The summed E-state index contributed by atoms with van der Waals surface area (Å²) < 4.78 is 0. The van der Waals surface area contributed by atoms with Crippen molar-refractivity contribution in [1.82, 2.24) is 0 Å². The van der Waals surface area contributed by atoms with Crippen molar-refractivity contribution in [2.75, 3.05) is 0 Å².